The second-order valence-electron chi connectivity index (χ2n) is 9.57. The quantitative estimate of drug-likeness (QED) is 0.343. The van der Waals surface area contributed by atoms with E-state index >= 15 is 0 Å². The lowest BCUT2D eigenvalue weighted by Crippen LogP contribution is -2.35. The second-order valence-corrected chi connectivity index (χ2v) is 9.57. The third kappa shape index (κ3) is 7.19. The van der Waals surface area contributed by atoms with Crippen LogP contribution in [0.1, 0.15) is 67.5 Å². The maximum Gasteiger partial charge on any atom is 0.416 e. The van der Waals surface area contributed by atoms with Crippen LogP contribution in [0.5, 0.6) is 0 Å². The third-order valence-corrected chi connectivity index (χ3v) is 6.20. The number of anilines is 1. The average Bonchev–Trinajstić information content (AvgIpc) is 2.99. The van der Waals surface area contributed by atoms with Gasteiger partial charge in [-0.25, -0.2) is 4.79 Å². The highest BCUT2D eigenvalue weighted by Crippen LogP contribution is 2.42. The first-order valence-electron chi connectivity index (χ1n) is 12.0. The topological polar surface area (TPSA) is 49.9 Å². The zero-order valence-corrected chi connectivity index (χ0v) is 21.5. The number of nitrogens with zero attached hydrogens (tertiary/aromatic N) is 2. The van der Waals surface area contributed by atoms with E-state index in [0.29, 0.717) is 18.2 Å². The van der Waals surface area contributed by atoms with Gasteiger partial charge in [0.25, 0.3) is 0 Å². The molecule has 0 bridgehead atoms. The highest BCUT2D eigenvalue weighted by atomic mass is 19.4. The molecule has 0 aliphatic carbocycles. The minimum absolute atomic E-state index is 0.0422. The normalized spacial score (nSPS) is 16.4. The molecule has 1 aliphatic rings. The molecule has 0 spiro atoms. The van der Waals surface area contributed by atoms with Crippen molar-refractivity contribution in [2.75, 3.05) is 11.4 Å². The van der Waals surface area contributed by atoms with Gasteiger partial charge in [0.05, 0.1) is 34.5 Å². The van der Waals surface area contributed by atoms with Gasteiger partial charge in [0, 0.05) is 20.0 Å². The van der Waals surface area contributed by atoms with E-state index in [-0.39, 0.29) is 36.7 Å². The largest absolute Gasteiger partial charge is 0.446 e. The van der Waals surface area contributed by atoms with E-state index in [4.69, 9.17) is 4.74 Å². The predicted octanol–water partition coefficient (Wildman–Crippen LogP) is 7.98. The summed E-state index contributed by atoms with van der Waals surface area (Å²) < 4.78 is 126. The first-order valence-corrected chi connectivity index (χ1v) is 12.0. The van der Waals surface area contributed by atoms with Crippen LogP contribution < -0.4 is 4.90 Å². The summed E-state index contributed by atoms with van der Waals surface area (Å²) in [5.74, 6) is -0.750. The molecule has 0 saturated carbocycles. The van der Waals surface area contributed by atoms with Crippen molar-refractivity contribution in [1.82, 2.24) is 4.90 Å². The number of halogens is 9. The van der Waals surface area contributed by atoms with E-state index in [2.05, 4.69) is 0 Å². The summed E-state index contributed by atoms with van der Waals surface area (Å²) >= 11 is 0. The Hall–Kier alpha value is -3.45. The number of hydrogen-bond acceptors (Lipinski definition) is 3. The van der Waals surface area contributed by atoms with Crippen molar-refractivity contribution in [3.05, 3.63) is 64.2 Å². The van der Waals surface area contributed by atoms with Crippen molar-refractivity contribution in [1.29, 1.82) is 0 Å². The SMILES string of the molecule is CC(=O)N(Cc1cc(C(F)(F)F)cc(C(F)(F)F)c1)C1CCCN(C(=O)OC(C)C)c2cc(C(F)(F)F)ccc21. The number of carbonyl (C=O) groups is 2. The van der Waals surface area contributed by atoms with E-state index in [0.717, 1.165) is 28.9 Å². The number of ether oxygens (including phenoxy) is 1. The van der Waals surface area contributed by atoms with Crippen molar-refractivity contribution in [2.45, 2.75) is 70.8 Å². The Bertz CT molecular complexity index is 1220. The lowest BCUT2D eigenvalue weighted by molar-refractivity contribution is -0.143. The van der Waals surface area contributed by atoms with Crippen molar-refractivity contribution < 1.29 is 53.8 Å². The molecular formula is C26H25F9N2O3. The lowest BCUT2D eigenvalue weighted by atomic mass is 9.96. The van der Waals surface area contributed by atoms with Crippen LogP contribution in [0.15, 0.2) is 36.4 Å². The van der Waals surface area contributed by atoms with Crippen LogP contribution >= 0.6 is 0 Å². The first-order chi connectivity index (χ1) is 18.3. The van der Waals surface area contributed by atoms with Crippen molar-refractivity contribution in [3.8, 4) is 0 Å². The maximum absolute atomic E-state index is 13.6. The number of benzene rings is 2. The average molecular weight is 584 g/mol. The van der Waals surface area contributed by atoms with Crippen LogP contribution in [-0.2, 0) is 34.6 Å². The van der Waals surface area contributed by atoms with E-state index in [1.54, 1.807) is 0 Å². The molecule has 0 N–H and O–H groups in total. The molecule has 3 rings (SSSR count). The molecule has 0 fully saturated rings. The third-order valence-electron chi connectivity index (χ3n) is 6.20. The van der Waals surface area contributed by atoms with E-state index in [9.17, 15) is 49.1 Å². The summed E-state index contributed by atoms with van der Waals surface area (Å²) in [6.07, 6.45) is -16.4. The molecule has 40 heavy (non-hydrogen) atoms. The van der Waals surface area contributed by atoms with Crippen molar-refractivity contribution in [3.63, 3.8) is 0 Å². The summed E-state index contributed by atoms with van der Waals surface area (Å²) in [6.45, 7) is 3.30. The number of carbonyl (C=O) groups excluding carboxylic acids is 2. The number of rotatable bonds is 4. The summed E-state index contributed by atoms with van der Waals surface area (Å²) in [5.41, 5.74) is -4.89. The van der Waals surface area contributed by atoms with Crippen LogP contribution in [0.2, 0.25) is 0 Å². The standard InChI is InChI=1S/C26H25F9N2O3/c1-14(2)40-23(39)36-8-4-5-21(20-7-6-17(12-22(20)36)24(27,28)29)37(15(3)38)13-16-9-18(25(30,31)32)11-19(10-16)26(33,34)35/h6-7,9-12,14,21H,4-5,8,13H2,1-3H3. The highest BCUT2D eigenvalue weighted by molar-refractivity contribution is 5.89. The maximum atomic E-state index is 13.6. The van der Waals surface area contributed by atoms with E-state index in [1.165, 1.54) is 13.8 Å². The number of hydrogen-bond donors (Lipinski definition) is 0. The zero-order valence-electron chi connectivity index (χ0n) is 21.5. The Kier molecular flexibility index (Phi) is 8.70. The summed E-state index contributed by atoms with van der Waals surface area (Å²) in [4.78, 5) is 27.5. The second kappa shape index (κ2) is 11.2. The fraction of sp³-hybridized carbons (Fsp3) is 0.462. The minimum Gasteiger partial charge on any atom is -0.446 e. The highest BCUT2D eigenvalue weighted by Gasteiger charge is 2.39. The molecular weight excluding hydrogens is 559 g/mol. The van der Waals surface area contributed by atoms with Gasteiger partial charge in [-0.2, -0.15) is 39.5 Å². The van der Waals surface area contributed by atoms with E-state index in [1.807, 2.05) is 0 Å². The Morgan fingerprint density at radius 3 is 1.93 bits per heavy atom. The lowest BCUT2D eigenvalue weighted by Gasteiger charge is -2.33. The Balaban J connectivity index is 2.14. The number of fused-ring (bicyclic) bond motifs is 1. The van der Waals surface area contributed by atoms with Gasteiger partial charge in [-0.3, -0.25) is 9.69 Å². The van der Waals surface area contributed by atoms with Crippen LogP contribution in [0.25, 0.3) is 0 Å². The Morgan fingerprint density at radius 2 is 1.45 bits per heavy atom. The molecule has 0 saturated heterocycles. The van der Waals surface area contributed by atoms with Crippen LogP contribution in [0, 0.1) is 0 Å². The molecule has 1 unspecified atom stereocenters. The van der Waals surface area contributed by atoms with Gasteiger partial charge < -0.3 is 9.64 Å². The van der Waals surface area contributed by atoms with Gasteiger partial charge >= 0.3 is 24.6 Å². The number of amides is 2. The molecule has 1 atom stereocenters. The minimum atomic E-state index is -5.11. The van der Waals surface area contributed by atoms with Crippen LogP contribution in [0.4, 0.5) is 50.0 Å². The Morgan fingerprint density at radius 1 is 0.900 bits per heavy atom. The van der Waals surface area contributed by atoms with Gasteiger partial charge in [-0.15, -0.1) is 0 Å². The van der Waals surface area contributed by atoms with Crippen molar-refractivity contribution in [2.24, 2.45) is 0 Å². The monoisotopic (exact) mass is 584 g/mol. The molecule has 0 radical (unpaired) electrons. The fourth-order valence-electron chi connectivity index (χ4n) is 4.48. The van der Waals surface area contributed by atoms with Gasteiger partial charge in [0.15, 0.2) is 0 Å². The smallest absolute Gasteiger partial charge is 0.416 e. The molecule has 0 aromatic heterocycles. The van der Waals surface area contributed by atoms with Gasteiger partial charge in [-0.1, -0.05) is 6.07 Å². The van der Waals surface area contributed by atoms with Crippen LogP contribution in [-0.4, -0.2) is 29.5 Å². The van der Waals surface area contributed by atoms with Gasteiger partial charge in [0.2, 0.25) is 5.91 Å². The zero-order chi connectivity index (χ0) is 30.2. The molecule has 2 aromatic rings. The first kappa shape index (κ1) is 31.1. The van der Waals surface area contributed by atoms with E-state index < -0.39 is 71.5 Å². The summed E-state index contributed by atoms with van der Waals surface area (Å²) in [7, 11) is 0. The fourth-order valence-corrected chi connectivity index (χ4v) is 4.48. The molecule has 14 heteroatoms. The van der Waals surface area contributed by atoms with Gasteiger partial charge in [-0.05, 0) is 68.1 Å². The molecule has 5 nitrogen and oxygen atoms in total. The Labute approximate surface area is 223 Å². The molecule has 220 valence electrons. The predicted molar refractivity (Wildman–Crippen MR) is 125 cm³/mol. The molecule has 2 aromatic carbocycles. The summed E-state index contributed by atoms with van der Waals surface area (Å²) in [5, 5.41) is 0. The van der Waals surface area contributed by atoms with Crippen molar-refractivity contribution >= 4 is 17.7 Å². The summed E-state index contributed by atoms with van der Waals surface area (Å²) in [6, 6.07) is 2.35. The van der Waals surface area contributed by atoms with Crippen LogP contribution in [0.3, 0.4) is 0 Å². The van der Waals surface area contributed by atoms with Gasteiger partial charge in [0.1, 0.15) is 0 Å². The molecule has 2 amide bonds. The molecule has 1 aliphatic heterocycles. The molecule has 1 heterocycles. The number of alkyl halides is 9.